The van der Waals surface area contributed by atoms with Gasteiger partial charge in [0.05, 0.1) is 18.3 Å². The number of fused-ring (bicyclic) bond motifs is 1. The third-order valence-corrected chi connectivity index (χ3v) is 3.26. The van der Waals surface area contributed by atoms with Crippen LogP contribution in [0.15, 0.2) is 0 Å². The van der Waals surface area contributed by atoms with E-state index in [0.29, 0.717) is 12.5 Å². The second kappa shape index (κ2) is 5.28. The van der Waals surface area contributed by atoms with Gasteiger partial charge in [0.25, 0.3) is 0 Å². The highest BCUT2D eigenvalue weighted by Crippen LogP contribution is 2.23. The smallest absolute Gasteiger partial charge is 0.158 e. The Kier molecular flexibility index (Phi) is 3.92. The van der Waals surface area contributed by atoms with E-state index in [9.17, 15) is 0 Å². The number of alkyl halides is 1. The Labute approximate surface area is 112 Å². The highest BCUT2D eigenvalue weighted by atomic mass is 35.5. The summed E-state index contributed by atoms with van der Waals surface area (Å²) in [6.45, 7) is 4.74. The molecule has 0 spiro atoms. The van der Waals surface area contributed by atoms with Crippen LogP contribution in [0, 0.1) is 6.92 Å². The summed E-state index contributed by atoms with van der Waals surface area (Å²) in [6.07, 6.45) is 0.754. The molecule has 0 fully saturated rings. The largest absolute Gasteiger partial charge is 0.383 e. The summed E-state index contributed by atoms with van der Waals surface area (Å²) in [5.74, 6) is 1.57. The third kappa shape index (κ3) is 2.12. The number of aryl methyl sites for hydroxylation is 3. The Morgan fingerprint density at radius 2 is 2.17 bits per heavy atom. The van der Waals surface area contributed by atoms with Crippen LogP contribution in [0.5, 0.6) is 0 Å². The monoisotopic (exact) mass is 270 g/mol. The average Bonchev–Trinajstić information content (AvgIpc) is 2.80. The van der Waals surface area contributed by atoms with Crippen molar-refractivity contribution in [3.8, 4) is 0 Å². The first-order valence-corrected chi connectivity index (χ1v) is 6.58. The second-order valence-electron chi connectivity index (χ2n) is 4.52. The van der Waals surface area contributed by atoms with Crippen molar-refractivity contribution in [2.45, 2.75) is 26.3 Å². The van der Waals surface area contributed by atoms with E-state index in [1.165, 1.54) is 0 Å². The number of nitrogens with zero attached hydrogens (tertiary/aromatic N) is 4. The van der Waals surface area contributed by atoms with E-state index in [2.05, 4.69) is 21.6 Å². The standard InChI is InChI=1S/C12H19ClN4O/c1-8(7-18-4)17-10(5-6-13)14-11-9(2)15-16(3)12(11)17/h8H,5-7H2,1-4H3. The first-order chi connectivity index (χ1) is 8.60. The molecule has 5 nitrogen and oxygen atoms in total. The minimum Gasteiger partial charge on any atom is -0.383 e. The lowest BCUT2D eigenvalue weighted by Gasteiger charge is -2.16. The van der Waals surface area contributed by atoms with Gasteiger partial charge >= 0.3 is 0 Å². The molecule has 2 aromatic heterocycles. The predicted molar refractivity (Wildman–Crippen MR) is 72.2 cm³/mol. The maximum absolute atomic E-state index is 5.86. The van der Waals surface area contributed by atoms with E-state index in [1.807, 2.05) is 18.7 Å². The maximum atomic E-state index is 5.86. The molecule has 0 amide bonds. The van der Waals surface area contributed by atoms with Crippen LogP contribution >= 0.6 is 11.6 Å². The van der Waals surface area contributed by atoms with Crippen LogP contribution in [0.4, 0.5) is 0 Å². The highest BCUT2D eigenvalue weighted by Gasteiger charge is 2.20. The minimum absolute atomic E-state index is 0.216. The normalized spacial score (nSPS) is 13.4. The van der Waals surface area contributed by atoms with Gasteiger partial charge in [-0.25, -0.2) is 4.98 Å². The number of methoxy groups -OCH3 is 1. The molecule has 6 heteroatoms. The summed E-state index contributed by atoms with van der Waals surface area (Å²) in [6, 6.07) is 0.216. The fraction of sp³-hybridized carbons (Fsp3) is 0.667. The highest BCUT2D eigenvalue weighted by molar-refractivity contribution is 6.17. The molecule has 18 heavy (non-hydrogen) atoms. The molecule has 2 aromatic rings. The zero-order chi connectivity index (χ0) is 13.3. The summed E-state index contributed by atoms with van der Waals surface area (Å²) in [5, 5.41) is 4.41. The van der Waals surface area contributed by atoms with Crippen LogP contribution < -0.4 is 0 Å². The molecule has 0 saturated heterocycles. The number of halogens is 1. The van der Waals surface area contributed by atoms with Crippen LogP contribution in [0.1, 0.15) is 24.5 Å². The number of aromatic nitrogens is 4. The van der Waals surface area contributed by atoms with Crippen molar-refractivity contribution in [3.05, 3.63) is 11.5 Å². The molecule has 0 radical (unpaired) electrons. The molecule has 0 aliphatic heterocycles. The van der Waals surface area contributed by atoms with Crippen LogP contribution in [0.3, 0.4) is 0 Å². The van der Waals surface area contributed by atoms with E-state index in [0.717, 1.165) is 29.1 Å². The number of hydrogen-bond donors (Lipinski definition) is 0. The van der Waals surface area contributed by atoms with Gasteiger partial charge in [0.2, 0.25) is 0 Å². The van der Waals surface area contributed by atoms with Crippen LogP contribution in [0.25, 0.3) is 11.2 Å². The second-order valence-corrected chi connectivity index (χ2v) is 4.90. The van der Waals surface area contributed by atoms with Crippen molar-refractivity contribution in [2.24, 2.45) is 7.05 Å². The molecule has 1 atom stereocenters. The molecule has 0 aromatic carbocycles. The molecule has 0 aliphatic rings. The minimum atomic E-state index is 0.216. The van der Waals surface area contributed by atoms with Crippen molar-refractivity contribution in [1.29, 1.82) is 0 Å². The molecule has 0 saturated carbocycles. The molecular formula is C12H19ClN4O. The van der Waals surface area contributed by atoms with Gasteiger partial charge in [0.15, 0.2) is 5.65 Å². The Morgan fingerprint density at radius 1 is 1.44 bits per heavy atom. The number of imidazole rings is 1. The average molecular weight is 271 g/mol. The summed E-state index contributed by atoms with van der Waals surface area (Å²) >= 11 is 5.86. The lowest BCUT2D eigenvalue weighted by atomic mass is 10.3. The number of hydrogen-bond acceptors (Lipinski definition) is 3. The summed E-state index contributed by atoms with van der Waals surface area (Å²) in [5.41, 5.74) is 2.95. The maximum Gasteiger partial charge on any atom is 0.158 e. The van der Waals surface area contributed by atoms with E-state index in [4.69, 9.17) is 16.3 Å². The summed E-state index contributed by atoms with van der Waals surface area (Å²) in [4.78, 5) is 4.67. The van der Waals surface area contributed by atoms with Gasteiger partial charge in [0.1, 0.15) is 11.3 Å². The first-order valence-electron chi connectivity index (χ1n) is 6.05. The van der Waals surface area contributed by atoms with Crippen LogP contribution in [-0.2, 0) is 18.2 Å². The SMILES string of the molecule is COCC(C)n1c(CCCl)nc2c(C)nn(C)c21. The molecule has 0 aliphatic carbocycles. The first kappa shape index (κ1) is 13.4. The Hall–Kier alpha value is -1.07. The van der Waals surface area contributed by atoms with Crippen molar-refractivity contribution < 1.29 is 4.74 Å². The molecular weight excluding hydrogens is 252 g/mol. The van der Waals surface area contributed by atoms with Crippen molar-refractivity contribution in [3.63, 3.8) is 0 Å². The Morgan fingerprint density at radius 3 is 2.78 bits per heavy atom. The van der Waals surface area contributed by atoms with Gasteiger partial charge in [-0.3, -0.25) is 4.68 Å². The molecule has 0 N–H and O–H groups in total. The molecule has 2 heterocycles. The topological polar surface area (TPSA) is 44.9 Å². The van der Waals surface area contributed by atoms with Gasteiger partial charge in [-0.1, -0.05) is 0 Å². The summed E-state index contributed by atoms with van der Waals surface area (Å²) < 4.78 is 9.30. The van der Waals surface area contributed by atoms with E-state index in [-0.39, 0.29) is 6.04 Å². The Balaban J connectivity index is 2.60. The lowest BCUT2D eigenvalue weighted by Crippen LogP contribution is -2.16. The van der Waals surface area contributed by atoms with Gasteiger partial charge < -0.3 is 9.30 Å². The number of ether oxygens (including phenoxy) is 1. The lowest BCUT2D eigenvalue weighted by molar-refractivity contribution is 0.162. The van der Waals surface area contributed by atoms with Gasteiger partial charge in [0, 0.05) is 26.5 Å². The molecule has 100 valence electrons. The van der Waals surface area contributed by atoms with Crippen LogP contribution in [-0.4, -0.2) is 38.9 Å². The zero-order valence-electron chi connectivity index (χ0n) is 11.3. The fourth-order valence-electron chi connectivity index (χ4n) is 2.38. The van der Waals surface area contributed by atoms with E-state index in [1.54, 1.807) is 7.11 Å². The van der Waals surface area contributed by atoms with Gasteiger partial charge in [-0.2, -0.15) is 5.10 Å². The summed E-state index contributed by atoms with van der Waals surface area (Å²) in [7, 11) is 3.65. The quantitative estimate of drug-likeness (QED) is 0.782. The van der Waals surface area contributed by atoms with Crippen molar-refractivity contribution in [2.75, 3.05) is 19.6 Å². The van der Waals surface area contributed by atoms with Crippen molar-refractivity contribution in [1.82, 2.24) is 19.3 Å². The van der Waals surface area contributed by atoms with Crippen LogP contribution in [0.2, 0.25) is 0 Å². The molecule has 0 bridgehead atoms. The Bertz CT molecular complexity index is 546. The number of rotatable bonds is 5. The van der Waals surface area contributed by atoms with Gasteiger partial charge in [-0.05, 0) is 13.8 Å². The van der Waals surface area contributed by atoms with E-state index < -0.39 is 0 Å². The zero-order valence-corrected chi connectivity index (χ0v) is 12.0. The third-order valence-electron chi connectivity index (χ3n) is 3.07. The van der Waals surface area contributed by atoms with Crippen molar-refractivity contribution >= 4 is 22.8 Å². The molecule has 1 unspecified atom stereocenters. The predicted octanol–water partition coefficient (Wildman–Crippen LogP) is 2.07. The van der Waals surface area contributed by atoms with E-state index >= 15 is 0 Å². The fourth-order valence-corrected chi connectivity index (χ4v) is 2.55. The van der Waals surface area contributed by atoms with Gasteiger partial charge in [-0.15, -0.1) is 11.6 Å². The molecule has 2 rings (SSSR count).